The first-order valence-corrected chi connectivity index (χ1v) is 8.95. The fourth-order valence-corrected chi connectivity index (χ4v) is 3.62. The Balaban J connectivity index is 1.44. The largest absolute Gasteiger partial charge is 0.315 e. The molecule has 3 nitrogen and oxygen atoms in total. The molecular formula is C17H35N3. The smallest absolute Gasteiger partial charge is 0.0235 e. The van der Waals surface area contributed by atoms with Crippen LogP contribution >= 0.6 is 0 Å². The quantitative estimate of drug-likeness (QED) is 0.656. The summed E-state index contributed by atoms with van der Waals surface area (Å²) in [6.45, 7) is 12.4. The maximum atomic E-state index is 3.50. The summed E-state index contributed by atoms with van der Waals surface area (Å²) in [4.78, 5) is 5.44. The topological polar surface area (TPSA) is 18.5 Å². The van der Waals surface area contributed by atoms with Gasteiger partial charge in [-0.05, 0) is 64.8 Å². The van der Waals surface area contributed by atoms with Gasteiger partial charge in [-0.1, -0.05) is 26.7 Å². The first-order valence-electron chi connectivity index (χ1n) is 8.95. The van der Waals surface area contributed by atoms with Crippen LogP contribution in [0.15, 0.2) is 0 Å². The Morgan fingerprint density at radius 2 is 1.75 bits per heavy atom. The lowest BCUT2D eigenvalue weighted by Gasteiger charge is -2.23. The molecule has 0 spiro atoms. The summed E-state index contributed by atoms with van der Waals surface area (Å²) in [6.07, 6.45) is 9.82. The van der Waals surface area contributed by atoms with E-state index in [-0.39, 0.29) is 0 Å². The van der Waals surface area contributed by atoms with Crippen LogP contribution in [-0.4, -0.2) is 61.2 Å². The van der Waals surface area contributed by atoms with Crippen molar-refractivity contribution in [1.82, 2.24) is 15.1 Å². The molecule has 0 bridgehead atoms. The second-order valence-corrected chi connectivity index (χ2v) is 7.01. The number of rotatable bonds is 9. The van der Waals surface area contributed by atoms with Crippen LogP contribution in [0.3, 0.4) is 0 Å². The van der Waals surface area contributed by atoms with Gasteiger partial charge in [0.1, 0.15) is 0 Å². The van der Waals surface area contributed by atoms with Crippen LogP contribution in [0.2, 0.25) is 0 Å². The van der Waals surface area contributed by atoms with Crippen LogP contribution in [0.1, 0.15) is 58.8 Å². The second-order valence-electron chi connectivity index (χ2n) is 7.01. The molecule has 0 aromatic rings. The molecule has 2 aliphatic heterocycles. The van der Waals surface area contributed by atoms with Crippen molar-refractivity contribution in [3.63, 3.8) is 0 Å². The van der Waals surface area contributed by atoms with Gasteiger partial charge in [0.15, 0.2) is 0 Å². The minimum absolute atomic E-state index is 0.641. The fraction of sp³-hybridized carbons (Fsp3) is 1.00. The lowest BCUT2D eigenvalue weighted by atomic mass is 10.2. The Morgan fingerprint density at radius 1 is 1.00 bits per heavy atom. The van der Waals surface area contributed by atoms with Crippen LogP contribution < -0.4 is 5.32 Å². The molecule has 0 radical (unpaired) electrons. The molecule has 1 unspecified atom stereocenters. The van der Waals surface area contributed by atoms with Gasteiger partial charge in [-0.15, -0.1) is 0 Å². The summed E-state index contributed by atoms with van der Waals surface area (Å²) in [5, 5.41) is 3.50. The highest BCUT2D eigenvalue weighted by Crippen LogP contribution is 2.20. The van der Waals surface area contributed by atoms with E-state index in [0.717, 1.165) is 6.04 Å². The van der Waals surface area contributed by atoms with Gasteiger partial charge in [0.25, 0.3) is 0 Å². The van der Waals surface area contributed by atoms with Crippen molar-refractivity contribution < 1.29 is 0 Å². The van der Waals surface area contributed by atoms with Gasteiger partial charge in [0.2, 0.25) is 0 Å². The fourth-order valence-electron chi connectivity index (χ4n) is 3.62. The normalized spacial score (nSPS) is 25.1. The van der Waals surface area contributed by atoms with E-state index in [0.29, 0.717) is 6.04 Å². The zero-order chi connectivity index (χ0) is 14.2. The van der Waals surface area contributed by atoms with E-state index in [9.17, 15) is 0 Å². The average Bonchev–Trinajstić information content (AvgIpc) is 3.08. The van der Waals surface area contributed by atoms with Gasteiger partial charge in [-0.2, -0.15) is 0 Å². The molecule has 0 saturated carbocycles. The molecule has 0 amide bonds. The molecule has 3 heteroatoms. The van der Waals surface area contributed by atoms with E-state index in [1.165, 1.54) is 84.2 Å². The maximum Gasteiger partial charge on any atom is 0.0235 e. The highest BCUT2D eigenvalue weighted by molar-refractivity contribution is 4.85. The van der Waals surface area contributed by atoms with E-state index < -0.39 is 0 Å². The SMILES string of the molecule is CC(C)NCCCCCCN1CCC(N2CCCC2)C1. The number of likely N-dealkylation sites (tertiary alicyclic amines) is 2. The zero-order valence-corrected chi connectivity index (χ0v) is 13.7. The van der Waals surface area contributed by atoms with E-state index in [4.69, 9.17) is 0 Å². The molecule has 0 aromatic carbocycles. The van der Waals surface area contributed by atoms with Crippen molar-refractivity contribution >= 4 is 0 Å². The average molecular weight is 281 g/mol. The van der Waals surface area contributed by atoms with Crippen molar-refractivity contribution in [1.29, 1.82) is 0 Å². The molecule has 0 aromatic heterocycles. The summed E-state index contributed by atoms with van der Waals surface area (Å²) < 4.78 is 0. The molecule has 2 fully saturated rings. The minimum atomic E-state index is 0.641. The summed E-state index contributed by atoms with van der Waals surface area (Å²) in [5.41, 5.74) is 0. The van der Waals surface area contributed by atoms with Crippen LogP contribution in [-0.2, 0) is 0 Å². The van der Waals surface area contributed by atoms with Gasteiger partial charge < -0.3 is 10.2 Å². The Morgan fingerprint density at radius 3 is 2.50 bits per heavy atom. The minimum Gasteiger partial charge on any atom is -0.315 e. The van der Waals surface area contributed by atoms with Crippen molar-refractivity contribution in [3.8, 4) is 0 Å². The standard InChI is InChI=1S/C17H35N3/c1-16(2)18-10-5-3-4-6-11-19-14-9-17(15-19)20-12-7-8-13-20/h16-18H,3-15H2,1-2H3. The van der Waals surface area contributed by atoms with Crippen LogP contribution in [0.5, 0.6) is 0 Å². The number of nitrogens with zero attached hydrogens (tertiary/aromatic N) is 2. The van der Waals surface area contributed by atoms with Crippen molar-refractivity contribution in [3.05, 3.63) is 0 Å². The molecule has 1 atom stereocenters. The third kappa shape index (κ3) is 5.71. The van der Waals surface area contributed by atoms with Crippen molar-refractivity contribution in [2.45, 2.75) is 70.9 Å². The van der Waals surface area contributed by atoms with Gasteiger partial charge in [-0.25, -0.2) is 0 Å². The highest BCUT2D eigenvalue weighted by Gasteiger charge is 2.28. The summed E-state index contributed by atoms with van der Waals surface area (Å²) in [7, 11) is 0. The summed E-state index contributed by atoms with van der Waals surface area (Å²) in [5.74, 6) is 0. The third-order valence-corrected chi connectivity index (χ3v) is 4.86. The highest BCUT2D eigenvalue weighted by atomic mass is 15.3. The number of hydrogen-bond acceptors (Lipinski definition) is 3. The van der Waals surface area contributed by atoms with Crippen molar-refractivity contribution in [2.24, 2.45) is 0 Å². The van der Waals surface area contributed by atoms with Gasteiger partial charge >= 0.3 is 0 Å². The van der Waals surface area contributed by atoms with Gasteiger partial charge in [0.05, 0.1) is 0 Å². The Labute approximate surface area is 126 Å². The Bertz CT molecular complexity index is 249. The van der Waals surface area contributed by atoms with Crippen LogP contribution in [0.25, 0.3) is 0 Å². The molecule has 2 heterocycles. The summed E-state index contributed by atoms with van der Waals surface area (Å²) >= 11 is 0. The first-order chi connectivity index (χ1) is 9.75. The molecule has 118 valence electrons. The van der Waals surface area contributed by atoms with Gasteiger partial charge in [-0.3, -0.25) is 4.90 Å². The maximum absolute atomic E-state index is 3.50. The molecule has 2 aliphatic rings. The molecule has 20 heavy (non-hydrogen) atoms. The second kappa shape index (κ2) is 9.01. The van der Waals surface area contributed by atoms with E-state index in [2.05, 4.69) is 29.0 Å². The monoisotopic (exact) mass is 281 g/mol. The number of nitrogens with one attached hydrogen (secondary N) is 1. The lowest BCUT2D eigenvalue weighted by molar-refractivity contribution is 0.231. The van der Waals surface area contributed by atoms with Crippen LogP contribution in [0, 0.1) is 0 Å². The predicted octanol–water partition coefficient (Wildman–Crippen LogP) is 2.71. The molecular weight excluding hydrogens is 246 g/mol. The molecule has 0 aliphatic carbocycles. The van der Waals surface area contributed by atoms with Crippen LogP contribution in [0.4, 0.5) is 0 Å². The Kier molecular flexibility index (Phi) is 7.32. The predicted molar refractivity (Wildman–Crippen MR) is 87.3 cm³/mol. The zero-order valence-electron chi connectivity index (χ0n) is 13.7. The molecule has 2 rings (SSSR count). The summed E-state index contributed by atoms with van der Waals surface area (Å²) in [6, 6.07) is 1.52. The Hall–Kier alpha value is -0.120. The first kappa shape index (κ1) is 16.3. The van der Waals surface area contributed by atoms with E-state index >= 15 is 0 Å². The van der Waals surface area contributed by atoms with Crippen molar-refractivity contribution in [2.75, 3.05) is 39.3 Å². The molecule has 2 saturated heterocycles. The van der Waals surface area contributed by atoms with E-state index in [1.54, 1.807) is 0 Å². The molecule has 1 N–H and O–H groups in total. The van der Waals surface area contributed by atoms with Gasteiger partial charge in [0, 0.05) is 18.6 Å². The third-order valence-electron chi connectivity index (χ3n) is 4.86. The number of unbranched alkanes of at least 4 members (excludes halogenated alkanes) is 3. The van der Waals surface area contributed by atoms with E-state index in [1.807, 2.05) is 0 Å². The number of hydrogen-bond donors (Lipinski definition) is 1. The lowest BCUT2D eigenvalue weighted by Crippen LogP contribution is -2.35.